The lowest BCUT2D eigenvalue weighted by Gasteiger charge is -2.42. The minimum atomic E-state index is 0.442. The standard InChI is InChI=1S/C23H37NO/c1-23(2,3)21-10-9-20(16-24-22-11-12-22)19(15-21)13-14-25-17-18-7-5-4-6-8-18/h4-8,19-22,24H,9-17H2,1-3H3. The van der Waals surface area contributed by atoms with Crippen molar-refractivity contribution in [2.75, 3.05) is 13.2 Å². The van der Waals surface area contributed by atoms with Gasteiger partial charge in [-0.3, -0.25) is 0 Å². The summed E-state index contributed by atoms with van der Waals surface area (Å²) in [5.41, 5.74) is 1.73. The van der Waals surface area contributed by atoms with Crippen LogP contribution in [0, 0.1) is 23.2 Å². The molecule has 25 heavy (non-hydrogen) atoms. The molecule has 0 radical (unpaired) electrons. The third-order valence-electron chi connectivity index (χ3n) is 6.36. The summed E-state index contributed by atoms with van der Waals surface area (Å²) in [6.07, 6.45) is 8.18. The second-order valence-electron chi connectivity index (χ2n) is 9.41. The zero-order chi connectivity index (χ0) is 17.7. The van der Waals surface area contributed by atoms with E-state index in [9.17, 15) is 0 Å². The molecular weight excluding hydrogens is 306 g/mol. The topological polar surface area (TPSA) is 21.3 Å². The summed E-state index contributed by atoms with van der Waals surface area (Å²) in [6, 6.07) is 11.4. The Labute approximate surface area is 154 Å². The molecule has 0 amide bonds. The van der Waals surface area contributed by atoms with Crippen LogP contribution in [0.2, 0.25) is 0 Å². The van der Waals surface area contributed by atoms with E-state index in [1.165, 1.54) is 50.6 Å². The zero-order valence-electron chi connectivity index (χ0n) is 16.5. The van der Waals surface area contributed by atoms with Gasteiger partial charge in [-0.15, -0.1) is 0 Å². The Kier molecular flexibility index (Phi) is 6.57. The number of rotatable bonds is 8. The average molecular weight is 344 g/mol. The van der Waals surface area contributed by atoms with Crippen LogP contribution in [0.25, 0.3) is 0 Å². The Morgan fingerprint density at radius 3 is 2.44 bits per heavy atom. The average Bonchev–Trinajstić information content (AvgIpc) is 3.42. The Balaban J connectivity index is 1.47. The van der Waals surface area contributed by atoms with Crippen molar-refractivity contribution in [3.8, 4) is 0 Å². The van der Waals surface area contributed by atoms with Crippen molar-refractivity contribution in [2.45, 2.75) is 71.9 Å². The monoisotopic (exact) mass is 343 g/mol. The fourth-order valence-electron chi connectivity index (χ4n) is 4.34. The van der Waals surface area contributed by atoms with Crippen LogP contribution < -0.4 is 5.32 Å². The van der Waals surface area contributed by atoms with Gasteiger partial charge in [0.15, 0.2) is 0 Å². The fourth-order valence-corrected chi connectivity index (χ4v) is 4.34. The summed E-state index contributed by atoms with van der Waals surface area (Å²) in [4.78, 5) is 0. The first-order valence-electron chi connectivity index (χ1n) is 10.4. The second kappa shape index (κ2) is 8.68. The van der Waals surface area contributed by atoms with Crippen molar-refractivity contribution in [1.82, 2.24) is 5.32 Å². The molecule has 140 valence electrons. The first kappa shape index (κ1) is 18.9. The van der Waals surface area contributed by atoms with Gasteiger partial charge in [-0.1, -0.05) is 51.1 Å². The highest BCUT2D eigenvalue weighted by molar-refractivity contribution is 5.13. The predicted molar refractivity (Wildman–Crippen MR) is 106 cm³/mol. The molecule has 2 saturated carbocycles. The van der Waals surface area contributed by atoms with E-state index < -0.39 is 0 Å². The molecule has 0 spiro atoms. The first-order chi connectivity index (χ1) is 12.0. The molecule has 3 rings (SSSR count). The lowest BCUT2D eigenvalue weighted by atomic mass is 9.65. The highest BCUT2D eigenvalue weighted by atomic mass is 16.5. The fraction of sp³-hybridized carbons (Fsp3) is 0.739. The third kappa shape index (κ3) is 6.11. The Morgan fingerprint density at radius 2 is 1.76 bits per heavy atom. The third-order valence-corrected chi connectivity index (χ3v) is 6.36. The highest BCUT2D eigenvalue weighted by Gasteiger charge is 2.36. The van der Waals surface area contributed by atoms with Crippen LogP contribution >= 0.6 is 0 Å². The molecule has 0 bridgehead atoms. The SMILES string of the molecule is CC(C)(C)C1CCC(CNC2CC2)C(CCOCc2ccccc2)C1. The minimum absolute atomic E-state index is 0.442. The summed E-state index contributed by atoms with van der Waals surface area (Å²) in [6.45, 7) is 10.1. The molecule has 3 unspecified atom stereocenters. The number of hydrogen-bond donors (Lipinski definition) is 1. The smallest absolute Gasteiger partial charge is 0.0716 e. The molecule has 2 fully saturated rings. The Bertz CT molecular complexity index is 503. The van der Waals surface area contributed by atoms with Crippen LogP contribution in [0.4, 0.5) is 0 Å². The van der Waals surface area contributed by atoms with E-state index in [4.69, 9.17) is 4.74 Å². The van der Waals surface area contributed by atoms with Gasteiger partial charge in [-0.2, -0.15) is 0 Å². The van der Waals surface area contributed by atoms with Crippen LogP contribution in [-0.2, 0) is 11.3 Å². The van der Waals surface area contributed by atoms with Gasteiger partial charge < -0.3 is 10.1 Å². The van der Waals surface area contributed by atoms with Crippen molar-refractivity contribution in [3.63, 3.8) is 0 Å². The molecule has 1 aromatic rings. The summed E-state index contributed by atoms with van der Waals surface area (Å²) in [7, 11) is 0. The first-order valence-corrected chi connectivity index (χ1v) is 10.4. The minimum Gasteiger partial charge on any atom is -0.377 e. The Hall–Kier alpha value is -0.860. The normalized spacial score (nSPS) is 27.4. The van der Waals surface area contributed by atoms with Gasteiger partial charge >= 0.3 is 0 Å². The van der Waals surface area contributed by atoms with Crippen LogP contribution in [-0.4, -0.2) is 19.2 Å². The molecule has 1 N–H and O–H groups in total. The number of nitrogens with one attached hydrogen (secondary N) is 1. The van der Waals surface area contributed by atoms with Gasteiger partial charge in [0.1, 0.15) is 0 Å². The quantitative estimate of drug-likeness (QED) is 0.636. The van der Waals surface area contributed by atoms with E-state index in [0.29, 0.717) is 5.41 Å². The lowest BCUT2D eigenvalue weighted by Crippen LogP contribution is -2.37. The van der Waals surface area contributed by atoms with Crippen molar-refractivity contribution < 1.29 is 4.74 Å². The van der Waals surface area contributed by atoms with E-state index in [-0.39, 0.29) is 0 Å². The van der Waals surface area contributed by atoms with Gasteiger partial charge in [0.25, 0.3) is 0 Å². The lowest BCUT2D eigenvalue weighted by molar-refractivity contribution is 0.0547. The van der Waals surface area contributed by atoms with Gasteiger partial charge in [0, 0.05) is 12.6 Å². The van der Waals surface area contributed by atoms with Gasteiger partial charge in [-0.25, -0.2) is 0 Å². The molecule has 3 atom stereocenters. The predicted octanol–water partition coefficient (Wildman–Crippen LogP) is 5.42. The van der Waals surface area contributed by atoms with Crippen molar-refractivity contribution >= 4 is 0 Å². The van der Waals surface area contributed by atoms with Crippen LogP contribution in [0.15, 0.2) is 30.3 Å². The summed E-state index contributed by atoms with van der Waals surface area (Å²) < 4.78 is 6.01. The maximum Gasteiger partial charge on any atom is 0.0716 e. The molecule has 1 aromatic carbocycles. The molecule has 0 saturated heterocycles. The zero-order valence-corrected chi connectivity index (χ0v) is 16.5. The van der Waals surface area contributed by atoms with E-state index in [1.54, 1.807) is 0 Å². The summed E-state index contributed by atoms with van der Waals surface area (Å²) in [5, 5.41) is 3.79. The van der Waals surface area contributed by atoms with Crippen molar-refractivity contribution in [3.05, 3.63) is 35.9 Å². The molecule has 2 aliphatic carbocycles. The second-order valence-corrected chi connectivity index (χ2v) is 9.41. The summed E-state index contributed by atoms with van der Waals surface area (Å²) in [5.74, 6) is 2.53. The molecule has 0 aliphatic heterocycles. The molecule has 2 nitrogen and oxygen atoms in total. The van der Waals surface area contributed by atoms with Crippen molar-refractivity contribution in [2.24, 2.45) is 23.2 Å². The highest BCUT2D eigenvalue weighted by Crippen LogP contribution is 2.44. The molecule has 0 heterocycles. The number of ether oxygens (including phenoxy) is 1. The molecule has 2 heteroatoms. The maximum atomic E-state index is 6.01. The van der Waals surface area contributed by atoms with E-state index in [2.05, 4.69) is 56.4 Å². The van der Waals surface area contributed by atoms with E-state index >= 15 is 0 Å². The Morgan fingerprint density at radius 1 is 1.00 bits per heavy atom. The number of benzene rings is 1. The van der Waals surface area contributed by atoms with Gasteiger partial charge in [0.2, 0.25) is 0 Å². The van der Waals surface area contributed by atoms with Crippen molar-refractivity contribution in [1.29, 1.82) is 0 Å². The maximum absolute atomic E-state index is 6.01. The molecule has 0 aromatic heterocycles. The van der Waals surface area contributed by atoms with Crippen LogP contribution in [0.5, 0.6) is 0 Å². The largest absolute Gasteiger partial charge is 0.377 e. The van der Waals surface area contributed by atoms with E-state index in [1.807, 2.05) is 0 Å². The number of hydrogen-bond acceptors (Lipinski definition) is 2. The molecule has 2 aliphatic rings. The molecular formula is C23H37NO. The summed E-state index contributed by atoms with van der Waals surface area (Å²) >= 11 is 0. The van der Waals surface area contributed by atoms with E-state index in [0.717, 1.165) is 37.0 Å². The van der Waals surface area contributed by atoms with Crippen LogP contribution in [0.3, 0.4) is 0 Å². The van der Waals surface area contributed by atoms with Gasteiger partial charge in [0.05, 0.1) is 6.61 Å². The van der Waals surface area contributed by atoms with Crippen LogP contribution in [0.1, 0.15) is 64.9 Å². The van der Waals surface area contributed by atoms with Gasteiger partial charge in [-0.05, 0) is 73.8 Å².